The number of carbonyl (C=O) groups excluding carboxylic acids is 2. The minimum atomic E-state index is -0.395. The molecule has 0 radical (unpaired) electrons. The van der Waals surface area contributed by atoms with E-state index in [4.69, 9.17) is 5.73 Å². The quantitative estimate of drug-likeness (QED) is 0.512. The van der Waals surface area contributed by atoms with Crippen LogP contribution in [0.1, 0.15) is 26.7 Å². The molecule has 1 atom stereocenters. The van der Waals surface area contributed by atoms with E-state index in [0.717, 1.165) is 6.42 Å². The van der Waals surface area contributed by atoms with Gasteiger partial charge in [0.05, 0.1) is 11.8 Å². The Morgan fingerprint density at radius 1 is 1.36 bits per heavy atom. The number of Topliss-reactive ketones (excluding diaryl/α,β-unsaturated/α-hetero) is 2. The zero-order valence-electron chi connectivity index (χ0n) is 8.62. The first-order valence-corrected chi connectivity index (χ1v) is 7.08. The van der Waals surface area contributed by atoms with Crippen molar-refractivity contribution < 1.29 is 9.59 Å². The molecule has 5 heteroatoms. The van der Waals surface area contributed by atoms with Crippen molar-refractivity contribution in [2.24, 2.45) is 5.73 Å². The van der Waals surface area contributed by atoms with Crippen molar-refractivity contribution >= 4 is 33.2 Å². The van der Waals surface area contributed by atoms with E-state index in [-0.39, 0.29) is 11.6 Å². The lowest BCUT2D eigenvalue weighted by Crippen LogP contribution is -2.30. The van der Waals surface area contributed by atoms with E-state index in [9.17, 15) is 9.59 Å². The fraction of sp³-hybridized carbons (Fsp3) is 0.778. The van der Waals surface area contributed by atoms with E-state index in [2.05, 4.69) is 0 Å². The molecule has 0 saturated heterocycles. The van der Waals surface area contributed by atoms with Crippen LogP contribution in [0.15, 0.2) is 0 Å². The van der Waals surface area contributed by atoms with Crippen molar-refractivity contribution in [2.75, 3.05) is 11.5 Å². The van der Waals surface area contributed by atoms with Gasteiger partial charge in [0.2, 0.25) is 0 Å². The first kappa shape index (κ1) is 14.0. The number of rotatable bonds is 8. The topological polar surface area (TPSA) is 60.2 Å². The van der Waals surface area contributed by atoms with E-state index < -0.39 is 6.04 Å². The molecule has 0 rings (SSSR count). The summed E-state index contributed by atoms with van der Waals surface area (Å²) in [4.78, 5) is 21.8. The third-order valence-electron chi connectivity index (χ3n) is 1.60. The Balaban J connectivity index is 3.37. The summed E-state index contributed by atoms with van der Waals surface area (Å²) in [5.41, 5.74) is 5.52. The van der Waals surface area contributed by atoms with Crippen LogP contribution >= 0.6 is 21.6 Å². The molecule has 0 aromatic rings. The number of hydrogen-bond donors (Lipinski definition) is 1. The van der Waals surface area contributed by atoms with Crippen LogP contribution in [0, 0.1) is 0 Å². The Labute approximate surface area is 93.0 Å². The monoisotopic (exact) mass is 235 g/mol. The van der Waals surface area contributed by atoms with Crippen molar-refractivity contribution in [1.29, 1.82) is 0 Å². The maximum atomic E-state index is 11.1. The molecule has 0 aliphatic heterocycles. The van der Waals surface area contributed by atoms with Gasteiger partial charge in [-0.05, 0) is 13.3 Å². The largest absolute Gasteiger partial charge is 0.321 e. The minimum absolute atomic E-state index is 0.00187. The number of hydrogen-bond acceptors (Lipinski definition) is 5. The van der Waals surface area contributed by atoms with Crippen LogP contribution < -0.4 is 5.73 Å². The molecule has 0 heterocycles. The van der Waals surface area contributed by atoms with Crippen molar-refractivity contribution in [2.45, 2.75) is 32.7 Å². The second-order valence-electron chi connectivity index (χ2n) is 3.05. The molecule has 3 nitrogen and oxygen atoms in total. The van der Waals surface area contributed by atoms with E-state index in [1.54, 1.807) is 0 Å². The minimum Gasteiger partial charge on any atom is -0.321 e. The summed E-state index contributed by atoms with van der Waals surface area (Å²) in [5.74, 6) is 1.36. The SMILES string of the molecule is CCCC(=O)CSSC[C@H](N)C(C)=O. The van der Waals surface area contributed by atoms with Gasteiger partial charge in [0.25, 0.3) is 0 Å². The standard InChI is InChI=1S/C9H17NO2S2/c1-3-4-8(12)5-13-14-6-9(10)7(2)11/h9H,3-6,10H2,1-2H3/t9-/m0/s1. The van der Waals surface area contributed by atoms with Crippen LogP contribution in [-0.2, 0) is 9.59 Å². The lowest BCUT2D eigenvalue weighted by Gasteiger charge is -2.05. The number of carbonyl (C=O) groups is 2. The molecule has 2 N–H and O–H groups in total. The molecule has 0 aliphatic rings. The van der Waals surface area contributed by atoms with Gasteiger partial charge in [0, 0.05) is 12.2 Å². The molecule has 14 heavy (non-hydrogen) atoms. The third kappa shape index (κ3) is 7.41. The lowest BCUT2D eigenvalue weighted by atomic mass is 10.3. The second kappa shape index (κ2) is 8.32. The third-order valence-corrected chi connectivity index (χ3v) is 3.97. The summed E-state index contributed by atoms with van der Waals surface area (Å²) >= 11 is 0. The molecule has 82 valence electrons. The lowest BCUT2D eigenvalue weighted by molar-refractivity contribution is -0.118. The molecule has 0 bridgehead atoms. The van der Waals surface area contributed by atoms with Crippen LogP contribution in [0.5, 0.6) is 0 Å². The van der Waals surface area contributed by atoms with Gasteiger partial charge < -0.3 is 5.73 Å². The fourth-order valence-corrected chi connectivity index (χ4v) is 2.91. The van der Waals surface area contributed by atoms with Crippen molar-refractivity contribution in [3.05, 3.63) is 0 Å². The van der Waals surface area contributed by atoms with Gasteiger partial charge >= 0.3 is 0 Å². The summed E-state index contributed by atoms with van der Waals surface area (Å²) in [5, 5.41) is 0. The molecule has 0 unspecified atom stereocenters. The van der Waals surface area contributed by atoms with Crippen LogP contribution in [0.3, 0.4) is 0 Å². The smallest absolute Gasteiger partial charge is 0.147 e. The van der Waals surface area contributed by atoms with Gasteiger partial charge in [-0.2, -0.15) is 0 Å². The van der Waals surface area contributed by atoms with Crippen LogP contribution in [0.25, 0.3) is 0 Å². The Morgan fingerprint density at radius 2 is 2.00 bits per heavy atom. The molecule has 0 aromatic heterocycles. The molecule has 0 aliphatic carbocycles. The van der Waals surface area contributed by atoms with Crippen LogP contribution in [0.4, 0.5) is 0 Å². The Bertz CT molecular complexity index is 197. The Hall–Kier alpha value is -0.0000000000000000555. The summed E-state index contributed by atoms with van der Waals surface area (Å²) in [6, 6.07) is -0.395. The first-order valence-electron chi connectivity index (χ1n) is 4.60. The average Bonchev–Trinajstić information content (AvgIpc) is 2.12. The molecular weight excluding hydrogens is 218 g/mol. The molecule has 0 saturated carbocycles. The average molecular weight is 235 g/mol. The number of ketones is 2. The molecule has 0 amide bonds. The van der Waals surface area contributed by atoms with Gasteiger partial charge in [0.15, 0.2) is 0 Å². The van der Waals surface area contributed by atoms with Gasteiger partial charge in [-0.3, -0.25) is 9.59 Å². The van der Waals surface area contributed by atoms with E-state index >= 15 is 0 Å². The zero-order valence-corrected chi connectivity index (χ0v) is 10.2. The highest BCUT2D eigenvalue weighted by Gasteiger charge is 2.08. The molecule has 0 aromatic carbocycles. The summed E-state index contributed by atoms with van der Waals surface area (Å²) in [6.45, 7) is 3.47. The van der Waals surface area contributed by atoms with Crippen molar-refractivity contribution in [3.63, 3.8) is 0 Å². The van der Waals surface area contributed by atoms with Crippen molar-refractivity contribution in [1.82, 2.24) is 0 Å². The van der Waals surface area contributed by atoms with E-state index in [1.807, 2.05) is 6.92 Å². The maximum Gasteiger partial charge on any atom is 0.147 e. The summed E-state index contributed by atoms with van der Waals surface area (Å²) in [6.07, 6.45) is 1.54. The summed E-state index contributed by atoms with van der Waals surface area (Å²) < 4.78 is 0. The van der Waals surface area contributed by atoms with Crippen LogP contribution in [-0.4, -0.2) is 29.1 Å². The fourth-order valence-electron chi connectivity index (χ4n) is 0.697. The van der Waals surface area contributed by atoms with Crippen LogP contribution in [0.2, 0.25) is 0 Å². The molecule has 0 spiro atoms. The second-order valence-corrected chi connectivity index (χ2v) is 5.56. The highest BCUT2D eigenvalue weighted by molar-refractivity contribution is 8.76. The molecule has 0 fully saturated rings. The highest BCUT2D eigenvalue weighted by Crippen LogP contribution is 2.22. The first-order chi connectivity index (χ1) is 6.57. The van der Waals surface area contributed by atoms with Gasteiger partial charge in [-0.25, -0.2) is 0 Å². The Morgan fingerprint density at radius 3 is 2.50 bits per heavy atom. The maximum absolute atomic E-state index is 11.1. The predicted octanol–water partition coefficient (Wildman–Crippen LogP) is 1.65. The normalized spacial score (nSPS) is 12.5. The van der Waals surface area contributed by atoms with E-state index in [0.29, 0.717) is 17.9 Å². The van der Waals surface area contributed by atoms with Crippen molar-refractivity contribution in [3.8, 4) is 0 Å². The Kier molecular flexibility index (Phi) is 8.32. The van der Waals surface area contributed by atoms with Gasteiger partial charge in [0.1, 0.15) is 11.6 Å². The summed E-state index contributed by atoms with van der Waals surface area (Å²) in [7, 11) is 2.98. The zero-order chi connectivity index (χ0) is 11.0. The van der Waals surface area contributed by atoms with E-state index in [1.165, 1.54) is 28.5 Å². The molecular formula is C9H17NO2S2. The van der Waals surface area contributed by atoms with Gasteiger partial charge in [-0.1, -0.05) is 28.5 Å². The predicted molar refractivity (Wildman–Crippen MR) is 63.5 cm³/mol. The highest BCUT2D eigenvalue weighted by atomic mass is 33.1. The van der Waals surface area contributed by atoms with Gasteiger partial charge in [-0.15, -0.1) is 0 Å². The number of nitrogens with two attached hydrogens (primary N) is 1.